The lowest BCUT2D eigenvalue weighted by molar-refractivity contribution is -0.119. The Kier molecular flexibility index (Phi) is 12.1. The quantitative estimate of drug-likeness (QED) is 0.111. The second kappa shape index (κ2) is 16.6. The minimum atomic E-state index is -0.367. The number of benzene rings is 2. The number of aromatic nitrogens is 1. The number of nitrogens with zero attached hydrogens (tertiary/aromatic N) is 1. The Bertz CT molecular complexity index is 1900. The third-order valence-corrected chi connectivity index (χ3v) is 9.31. The molecule has 3 N–H and O–H groups in total. The lowest BCUT2D eigenvalue weighted by Crippen LogP contribution is -2.26. The second-order valence-corrected chi connectivity index (χ2v) is 13.3. The number of methoxy groups -OCH3 is 3. The predicted octanol–water partition coefficient (Wildman–Crippen LogP) is 7.47. The number of carbonyl (C=O) groups is 2. The number of amides is 2. The van der Waals surface area contributed by atoms with E-state index in [1.807, 2.05) is 24.3 Å². The van der Waals surface area contributed by atoms with Gasteiger partial charge in [0, 0.05) is 54.8 Å². The Labute approximate surface area is 294 Å². The summed E-state index contributed by atoms with van der Waals surface area (Å²) in [7, 11) is 4.73. The van der Waals surface area contributed by atoms with Crippen molar-refractivity contribution in [1.29, 1.82) is 0 Å². The summed E-state index contributed by atoms with van der Waals surface area (Å²) in [6, 6.07) is 15.1. The zero-order valence-corrected chi connectivity index (χ0v) is 30.1. The van der Waals surface area contributed by atoms with Crippen molar-refractivity contribution in [2.24, 2.45) is 5.92 Å². The number of fused-ring (bicyclic) bond motifs is 4. The third kappa shape index (κ3) is 8.41. The molecule has 5 rings (SSSR count). The van der Waals surface area contributed by atoms with Gasteiger partial charge < -0.3 is 34.7 Å². The summed E-state index contributed by atoms with van der Waals surface area (Å²) in [6.45, 7) is 7.50. The third-order valence-electron chi connectivity index (χ3n) is 9.31. The number of anilines is 2. The number of ether oxygens (including phenoxy) is 3. The highest BCUT2D eigenvalue weighted by Crippen LogP contribution is 2.50. The van der Waals surface area contributed by atoms with Crippen LogP contribution in [0.25, 0.3) is 22.0 Å². The van der Waals surface area contributed by atoms with Crippen LogP contribution in [0.2, 0.25) is 0 Å². The SMILES string of the molecule is COc1cc2c(c(OC)c1OC)-c1ccc(NCCCCCC(=O)Nc3ccc4c(ccn4CCC(C)C)c3)c(=O)cc1C(NC(C)=O)CC2. The molecule has 1 heterocycles. The van der Waals surface area contributed by atoms with Gasteiger partial charge in [-0.15, -0.1) is 0 Å². The fraction of sp³-hybridized carbons (Fsp3) is 0.425. The van der Waals surface area contributed by atoms with Crippen molar-refractivity contribution in [2.45, 2.75) is 78.3 Å². The molecule has 0 radical (unpaired) electrons. The van der Waals surface area contributed by atoms with Crippen molar-refractivity contribution in [1.82, 2.24) is 9.88 Å². The summed E-state index contributed by atoms with van der Waals surface area (Å²) < 4.78 is 19.4. The molecule has 4 aromatic rings. The molecule has 10 nitrogen and oxygen atoms in total. The van der Waals surface area contributed by atoms with E-state index in [4.69, 9.17) is 14.2 Å². The first-order chi connectivity index (χ1) is 24.1. The Morgan fingerprint density at radius 3 is 2.46 bits per heavy atom. The number of hydrogen-bond acceptors (Lipinski definition) is 7. The molecule has 0 saturated carbocycles. The first-order valence-corrected chi connectivity index (χ1v) is 17.5. The summed E-state index contributed by atoms with van der Waals surface area (Å²) in [5, 5.41) is 10.5. The van der Waals surface area contributed by atoms with Crippen LogP contribution in [0.5, 0.6) is 17.2 Å². The van der Waals surface area contributed by atoms with Crippen LogP contribution in [-0.4, -0.2) is 44.3 Å². The van der Waals surface area contributed by atoms with Gasteiger partial charge in [0.15, 0.2) is 11.5 Å². The maximum absolute atomic E-state index is 13.5. The summed E-state index contributed by atoms with van der Waals surface area (Å²) in [6.07, 6.45) is 7.26. The monoisotopic (exact) mass is 682 g/mol. The topological polar surface area (TPSA) is 120 Å². The van der Waals surface area contributed by atoms with Gasteiger partial charge in [-0.2, -0.15) is 0 Å². The van der Waals surface area contributed by atoms with Crippen molar-refractivity contribution in [2.75, 3.05) is 38.5 Å². The number of nitrogens with one attached hydrogen (secondary N) is 3. The molecule has 266 valence electrons. The van der Waals surface area contributed by atoms with Gasteiger partial charge in [-0.25, -0.2) is 0 Å². The van der Waals surface area contributed by atoms with E-state index in [0.717, 1.165) is 65.6 Å². The summed E-state index contributed by atoms with van der Waals surface area (Å²) in [5.41, 5.74) is 5.57. The van der Waals surface area contributed by atoms with Crippen LogP contribution < -0.4 is 35.6 Å². The summed E-state index contributed by atoms with van der Waals surface area (Å²) in [5.74, 6) is 2.00. The molecule has 0 spiro atoms. The molecule has 0 fully saturated rings. The maximum atomic E-state index is 13.5. The standard InChI is InChI=1S/C40H50N4O6/c1-25(2)17-20-44-21-18-27-22-29(12-16-34(27)44)43-37(47)10-8-7-9-19-41-33-15-13-30-31(24-35(33)46)32(42-26(3)45)14-11-28-23-36(48-4)39(49-5)40(50-6)38(28)30/h12-13,15-16,18,21-25,32H,7-11,14,17,19-20H2,1-6H3,(H,41,46)(H,42,45)(H,43,47). The Hall–Kier alpha value is -4.99. The lowest BCUT2D eigenvalue weighted by Gasteiger charge is -2.19. The second-order valence-electron chi connectivity index (χ2n) is 13.3. The molecule has 1 unspecified atom stereocenters. The van der Waals surface area contributed by atoms with E-state index in [-0.39, 0.29) is 23.3 Å². The molecule has 0 aliphatic heterocycles. The number of rotatable bonds is 15. The zero-order chi connectivity index (χ0) is 35.8. The van der Waals surface area contributed by atoms with E-state index in [0.29, 0.717) is 54.7 Å². The van der Waals surface area contributed by atoms with Crippen molar-refractivity contribution in [3.63, 3.8) is 0 Å². The average molecular weight is 683 g/mol. The van der Waals surface area contributed by atoms with E-state index in [1.54, 1.807) is 33.5 Å². The highest BCUT2D eigenvalue weighted by molar-refractivity contribution is 5.94. The van der Waals surface area contributed by atoms with Crippen molar-refractivity contribution >= 4 is 34.1 Å². The van der Waals surface area contributed by atoms with Crippen LogP contribution in [0, 0.1) is 5.92 Å². The van der Waals surface area contributed by atoms with E-state index >= 15 is 0 Å². The van der Waals surface area contributed by atoms with E-state index < -0.39 is 0 Å². The number of aryl methyl sites for hydroxylation is 2. The fourth-order valence-electron chi connectivity index (χ4n) is 6.76. The van der Waals surface area contributed by atoms with Crippen molar-refractivity contribution in [3.8, 4) is 28.4 Å². The molecule has 10 heteroatoms. The molecule has 1 aromatic heterocycles. The molecule has 1 atom stereocenters. The van der Waals surface area contributed by atoms with E-state index in [1.165, 1.54) is 12.4 Å². The van der Waals surface area contributed by atoms with Gasteiger partial charge in [-0.3, -0.25) is 14.4 Å². The van der Waals surface area contributed by atoms with Gasteiger partial charge in [0.05, 0.1) is 33.1 Å². The summed E-state index contributed by atoms with van der Waals surface area (Å²) in [4.78, 5) is 38.5. The molecule has 3 aromatic carbocycles. The molecular weight excluding hydrogens is 632 g/mol. The van der Waals surface area contributed by atoms with E-state index in [9.17, 15) is 14.4 Å². The lowest BCUT2D eigenvalue weighted by atomic mass is 9.95. The molecular formula is C40H50N4O6. The molecule has 0 saturated heterocycles. The molecule has 1 aliphatic carbocycles. The molecule has 50 heavy (non-hydrogen) atoms. The number of carbonyl (C=O) groups excluding carboxylic acids is 2. The van der Waals surface area contributed by atoms with Crippen LogP contribution in [-0.2, 0) is 22.6 Å². The van der Waals surface area contributed by atoms with Crippen molar-refractivity contribution in [3.05, 3.63) is 76.1 Å². The molecule has 0 bridgehead atoms. The fourth-order valence-corrected chi connectivity index (χ4v) is 6.76. The Morgan fingerprint density at radius 2 is 1.74 bits per heavy atom. The largest absolute Gasteiger partial charge is 0.493 e. The van der Waals surface area contributed by atoms with Gasteiger partial charge in [0.1, 0.15) is 0 Å². The maximum Gasteiger partial charge on any atom is 0.224 e. The zero-order valence-electron chi connectivity index (χ0n) is 30.1. The van der Waals surface area contributed by atoms with Gasteiger partial charge in [0.25, 0.3) is 0 Å². The first-order valence-electron chi connectivity index (χ1n) is 17.5. The van der Waals surface area contributed by atoms with Gasteiger partial charge in [-0.1, -0.05) is 26.3 Å². The Morgan fingerprint density at radius 1 is 0.940 bits per heavy atom. The van der Waals surface area contributed by atoms with Gasteiger partial charge >= 0.3 is 0 Å². The number of hydrogen-bond donors (Lipinski definition) is 3. The minimum Gasteiger partial charge on any atom is -0.493 e. The summed E-state index contributed by atoms with van der Waals surface area (Å²) >= 11 is 0. The highest BCUT2D eigenvalue weighted by Gasteiger charge is 2.29. The smallest absolute Gasteiger partial charge is 0.224 e. The van der Waals surface area contributed by atoms with Gasteiger partial charge in [-0.05, 0) is 97.2 Å². The van der Waals surface area contributed by atoms with E-state index in [2.05, 4.69) is 52.7 Å². The molecule has 2 amide bonds. The van der Waals surface area contributed by atoms with Gasteiger partial charge in [0.2, 0.25) is 23.0 Å². The van der Waals surface area contributed by atoms with Crippen LogP contribution in [0.3, 0.4) is 0 Å². The Balaban J connectivity index is 1.22. The highest BCUT2D eigenvalue weighted by atomic mass is 16.5. The van der Waals surface area contributed by atoms with Crippen LogP contribution in [0.1, 0.15) is 76.5 Å². The van der Waals surface area contributed by atoms with Crippen LogP contribution in [0.4, 0.5) is 11.4 Å². The number of unbranched alkanes of at least 4 members (excludes halogenated alkanes) is 2. The van der Waals surface area contributed by atoms with Crippen LogP contribution >= 0.6 is 0 Å². The average Bonchev–Trinajstić information content (AvgIpc) is 3.35. The minimum absolute atomic E-state index is 0.00587. The predicted molar refractivity (Wildman–Crippen MR) is 200 cm³/mol. The van der Waals surface area contributed by atoms with Crippen molar-refractivity contribution < 1.29 is 23.8 Å². The molecule has 1 aliphatic rings. The first kappa shape index (κ1) is 36.3. The normalized spacial score (nSPS) is 13.6. The van der Waals surface area contributed by atoms with Crippen LogP contribution in [0.15, 0.2) is 59.5 Å².